The molecule has 0 radical (unpaired) electrons. The Bertz CT molecular complexity index is 1330. The van der Waals surface area contributed by atoms with E-state index < -0.39 is 11.9 Å². The first-order valence-electron chi connectivity index (χ1n) is 10.4. The summed E-state index contributed by atoms with van der Waals surface area (Å²) in [4.78, 5) is 29.5. The quantitative estimate of drug-likeness (QED) is 0.188. The maximum atomic E-state index is 12.7. The first-order valence-corrected chi connectivity index (χ1v) is 12.0. The number of cyclic esters (lactones) is 1. The Morgan fingerprint density at radius 1 is 1.09 bits per heavy atom. The fourth-order valence-corrected chi connectivity index (χ4v) is 4.07. The molecule has 0 aliphatic carbocycles. The Balaban J connectivity index is 1.65. The molecule has 172 valence electrons. The number of hydrogen-bond donors (Lipinski definition) is 0. The van der Waals surface area contributed by atoms with Crippen LogP contribution in [0.25, 0.3) is 6.08 Å². The number of carbonyl (C=O) groups excluding carboxylic acids is 2. The molecule has 4 rings (SSSR count). The van der Waals surface area contributed by atoms with Crippen LogP contribution in [0.3, 0.4) is 0 Å². The summed E-state index contributed by atoms with van der Waals surface area (Å²) in [6.45, 7) is 4.03. The standard InChI is InChI=1S/C26H19Br2NO5/c1-3-32-22-14-16(12-20(28)23(22)33-25(30)19-7-5-4-6-15(19)2)13-21-26(31)34-24(29-21)17-8-10-18(27)11-9-17/h4-14H,3H2,1-2H3/b21-13-. The van der Waals surface area contributed by atoms with E-state index in [1.807, 2.05) is 38.1 Å². The second-order valence-corrected chi connectivity index (χ2v) is 9.08. The first-order chi connectivity index (χ1) is 16.4. The molecular weight excluding hydrogens is 566 g/mol. The number of halogens is 2. The fraction of sp³-hybridized carbons (Fsp3) is 0.115. The van der Waals surface area contributed by atoms with E-state index in [1.54, 1.807) is 42.5 Å². The lowest BCUT2D eigenvalue weighted by molar-refractivity contribution is -0.129. The van der Waals surface area contributed by atoms with Gasteiger partial charge < -0.3 is 14.2 Å². The second-order valence-electron chi connectivity index (χ2n) is 7.31. The molecular formula is C26H19Br2NO5. The van der Waals surface area contributed by atoms with Gasteiger partial charge in [-0.05, 0) is 89.4 Å². The minimum atomic E-state index is -0.554. The molecule has 0 saturated heterocycles. The Morgan fingerprint density at radius 2 is 1.82 bits per heavy atom. The molecule has 3 aromatic rings. The van der Waals surface area contributed by atoms with Gasteiger partial charge in [-0.1, -0.05) is 34.1 Å². The summed E-state index contributed by atoms with van der Waals surface area (Å²) in [5.41, 5.74) is 2.74. The SMILES string of the molecule is CCOc1cc(/C=C2\N=C(c3ccc(Br)cc3)OC2=O)cc(Br)c1OC(=O)c1ccccc1C. The van der Waals surface area contributed by atoms with Crippen molar-refractivity contribution in [3.05, 3.63) is 97.6 Å². The van der Waals surface area contributed by atoms with Crippen LogP contribution in [0.15, 0.2) is 80.3 Å². The molecule has 0 unspecified atom stereocenters. The number of hydrogen-bond acceptors (Lipinski definition) is 6. The van der Waals surface area contributed by atoms with Crippen LogP contribution in [0.4, 0.5) is 0 Å². The van der Waals surface area contributed by atoms with Crippen molar-refractivity contribution in [3.8, 4) is 11.5 Å². The molecule has 0 atom stereocenters. The predicted octanol–water partition coefficient (Wildman–Crippen LogP) is 6.48. The normalized spacial score (nSPS) is 14.1. The molecule has 0 bridgehead atoms. The van der Waals surface area contributed by atoms with Crippen LogP contribution >= 0.6 is 31.9 Å². The summed E-state index contributed by atoms with van der Waals surface area (Å²) in [7, 11) is 0. The van der Waals surface area contributed by atoms with Crippen LogP contribution in [0.5, 0.6) is 11.5 Å². The van der Waals surface area contributed by atoms with Gasteiger partial charge in [-0.3, -0.25) is 0 Å². The van der Waals surface area contributed by atoms with Crippen LogP contribution < -0.4 is 9.47 Å². The van der Waals surface area contributed by atoms with Gasteiger partial charge in [-0.15, -0.1) is 0 Å². The van der Waals surface area contributed by atoms with Crippen molar-refractivity contribution in [1.29, 1.82) is 0 Å². The molecule has 6 nitrogen and oxygen atoms in total. The Labute approximate surface area is 213 Å². The second kappa shape index (κ2) is 10.4. The van der Waals surface area contributed by atoms with Gasteiger partial charge in [-0.25, -0.2) is 14.6 Å². The maximum absolute atomic E-state index is 12.7. The first kappa shape index (κ1) is 23.9. The van der Waals surface area contributed by atoms with Crippen LogP contribution in [0, 0.1) is 6.92 Å². The van der Waals surface area contributed by atoms with E-state index in [4.69, 9.17) is 14.2 Å². The van der Waals surface area contributed by atoms with Gasteiger partial charge in [0.2, 0.25) is 5.90 Å². The lowest BCUT2D eigenvalue weighted by atomic mass is 10.1. The largest absolute Gasteiger partial charge is 0.490 e. The van der Waals surface area contributed by atoms with Crippen LogP contribution in [0.2, 0.25) is 0 Å². The lowest BCUT2D eigenvalue weighted by Gasteiger charge is -2.14. The Kier molecular flexibility index (Phi) is 7.29. The van der Waals surface area contributed by atoms with Crippen molar-refractivity contribution in [2.24, 2.45) is 4.99 Å². The number of aryl methyl sites for hydroxylation is 1. The van der Waals surface area contributed by atoms with Crippen molar-refractivity contribution >= 4 is 55.8 Å². The zero-order chi connectivity index (χ0) is 24.2. The third kappa shape index (κ3) is 5.29. The highest BCUT2D eigenvalue weighted by Gasteiger charge is 2.25. The molecule has 0 aromatic heterocycles. The van der Waals surface area contributed by atoms with Crippen LogP contribution in [-0.2, 0) is 9.53 Å². The van der Waals surface area contributed by atoms with E-state index in [-0.39, 0.29) is 17.3 Å². The van der Waals surface area contributed by atoms with Gasteiger partial charge in [0, 0.05) is 10.0 Å². The van der Waals surface area contributed by atoms with Gasteiger partial charge in [0.1, 0.15) is 0 Å². The molecule has 0 spiro atoms. The van der Waals surface area contributed by atoms with Crippen molar-refractivity contribution in [3.63, 3.8) is 0 Å². The summed E-state index contributed by atoms with van der Waals surface area (Å²) in [5, 5.41) is 0. The molecule has 34 heavy (non-hydrogen) atoms. The van der Waals surface area contributed by atoms with Crippen molar-refractivity contribution < 1.29 is 23.8 Å². The molecule has 8 heteroatoms. The van der Waals surface area contributed by atoms with Gasteiger partial charge in [-0.2, -0.15) is 0 Å². The predicted molar refractivity (Wildman–Crippen MR) is 136 cm³/mol. The zero-order valence-corrected chi connectivity index (χ0v) is 21.5. The molecule has 3 aromatic carbocycles. The Morgan fingerprint density at radius 3 is 2.53 bits per heavy atom. The highest BCUT2D eigenvalue weighted by Crippen LogP contribution is 2.38. The lowest BCUT2D eigenvalue weighted by Crippen LogP contribution is -2.11. The number of aliphatic imine (C=N–C) groups is 1. The van der Waals surface area contributed by atoms with Crippen molar-refractivity contribution in [2.75, 3.05) is 6.61 Å². The highest BCUT2D eigenvalue weighted by molar-refractivity contribution is 9.10. The van der Waals surface area contributed by atoms with E-state index in [0.717, 1.165) is 10.0 Å². The van der Waals surface area contributed by atoms with E-state index >= 15 is 0 Å². The number of nitrogens with zero attached hydrogens (tertiary/aromatic N) is 1. The average Bonchev–Trinajstić information content (AvgIpc) is 3.17. The summed E-state index contributed by atoms with van der Waals surface area (Å²) < 4.78 is 18.1. The number of rotatable bonds is 6. The van der Waals surface area contributed by atoms with Crippen molar-refractivity contribution in [1.82, 2.24) is 0 Å². The highest BCUT2D eigenvalue weighted by atomic mass is 79.9. The number of carbonyl (C=O) groups is 2. The average molecular weight is 585 g/mol. The Hall–Kier alpha value is -3.23. The van der Waals surface area contributed by atoms with Crippen LogP contribution in [-0.4, -0.2) is 24.4 Å². The summed E-state index contributed by atoms with van der Waals surface area (Å²) in [6, 6.07) is 17.9. The molecule has 0 N–H and O–H groups in total. The zero-order valence-electron chi connectivity index (χ0n) is 18.3. The molecule has 1 aliphatic heterocycles. The van der Waals surface area contributed by atoms with Crippen LogP contribution in [0.1, 0.15) is 34.0 Å². The number of ether oxygens (including phenoxy) is 3. The summed E-state index contributed by atoms with van der Waals surface area (Å²) in [6.07, 6.45) is 1.59. The number of benzene rings is 3. The third-order valence-corrected chi connectivity index (χ3v) is 6.02. The molecule has 0 amide bonds. The topological polar surface area (TPSA) is 74.2 Å². The molecule has 1 aliphatic rings. The number of esters is 2. The monoisotopic (exact) mass is 583 g/mol. The van der Waals surface area contributed by atoms with E-state index in [2.05, 4.69) is 36.9 Å². The minimum absolute atomic E-state index is 0.150. The molecule has 0 fully saturated rings. The smallest absolute Gasteiger partial charge is 0.363 e. The van der Waals surface area contributed by atoms with Gasteiger partial charge >= 0.3 is 11.9 Å². The van der Waals surface area contributed by atoms with Crippen molar-refractivity contribution in [2.45, 2.75) is 13.8 Å². The van der Waals surface area contributed by atoms with E-state index in [1.165, 1.54) is 0 Å². The van der Waals surface area contributed by atoms with Gasteiger partial charge in [0.15, 0.2) is 17.2 Å². The van der Waals surface area contributed by atoms with Gasteiger partial charge in [0.05, 0.1) is 16.6 Å². The van der Waals surface area contributed by atoms with E-state index in [0.29, 0.717) is 33.5 Å². The maximum Gasteiger partial charge on any atom is 0.363 e. The summed E-state index contributed by atoms with van der Waals surface area (Å²) >= 11 is 6.84. The summed E-state index contributed by atoms with van der Waals surface area (Å²) in [5.74, 6) is -0.202. The van der Waals surface area contributed by atoms with E-state index in [9.17, 15) is 9.59 Å². The van der Waals surface area contributed by atoms with Gasteiger partial charge in [0.25, 0.3) is 0 Å². The molecule has 1 heterocycles. The minimum Gasteiger partial charge on any atom is -0.490 e. The third-order valence-electron chi connectivity index (χ3n) is 4.91. The molecule has 0 saturated carbocycles. The fourth-order valence-electron chi connectivity index (χ4n) is 3.27.